The van der Waals surface area contributed by atoms with E-state index in [2.05, 4.69) is 62.5 Å². The van der Waals surface area contributed by atoms with Crippen LogP contribution in [0.15, 0.2) is 34.8 Å². The van der Waals surface area contributed by atoms with Gasteiger partial charge in [0.2, 0.25) is 5.95 Å². The van der Waals surface area contributed by atoms with Gasteiger partial charge < -0.3 is 15.7 Å². The number of anilines is 2. The molecule has 1 aliphatic rings. The summed E-state index contributed by atoms with van der Waals surface area (Å²) in [5.41, 5.74) is 2.27. The van der Waals surface area contributed by atoms with Crippen LogP contribution in [0, 0.1) is 5.92 Å². The number of aromatic nitrogens is 2. The lowest BCUT2D eigenvalue weighted by Crippen LogP contribution is -2.30. The topological polar surface area (TPSA) is 70.1 Å². The second kappa shape index (κ2) is 8.15. The average Bonchev–Trinajstić information content (AvgIpc) is 3.44. The predicted molar refractivity (Wildman–Crippen MR) is 105 cm³/mol. The monoisotopic (exact) mass is 404 g/mol. The molecule has 2 aromatic rings. The lowest BCUT2D eigenvalue weighted by molar-refractivity contribution is 0.248. The summed E-state index contributed by atoms with van der Waals surface area (Å²) in [6.45, 7) is 4.93. The summed E-state index contributed by atoms with van der Waals surface area (Å²) < 4.78 is 1.07. The van der Waals surface area contributed by atoms with Gasteiger partial charge in [-0.05, 0) is 36.5 Å². The average molecular weight is 405 g/mol. The van der Waals surface area contributed by atoms with E-state index in [0.717, 1.165) is 16.0 Å². The minimum absolute atomic E-state index is 0.0474. The van der Waals surface area contributed by atoms with Crippen molar-refractivity contribution in [1.82, 2.24) is 9.97 Å². The van der Waals surface area contributed by atoms with E-state index in [0.29, 0.717) is 24.3 Å². The molecule has 3 N–H and O–H groups in total. The summed E-state index contributed by atoms with van der Waals surface area (Å²) in [5, 5.41) is 16.2. The lowest BCUT2D eigenvalue weighted by Gasteiger charge is -2.20. The third kappa shape index (κ3) is 5.16. The summed E-state index contributed by atoms with van der Waals surface area (Å²) in [6.07, 6.45) is 2.38. The fourth-order valence-electron chi connectivity index (χ4n) is 2.59. The maximum absolute atomic E-state index is 9.55. The molecule has 1 aliphatic carbocycles. The van der Waals surface area contributed by atoms with Gasteiger partial charge in [0, 0.05) is 23.0 Å². The molecule has 1 heterocycles. The summed E-state index contributed by atoms with van der Waals surface area (Å²) in [7, 11) is 0. The zero-order valence-electron chi connectivity index (χ0n) is 14.7. The number of aliphatic hydroxyl groups excluding tert-OH is 1. The zero-order chi connectivity index (χ0) is 17.8. The Balaban J connectivity index is 1.74. The van der Waals surface area contributed by atoms with Crippen LogP contribution in [-0.4, -0.2) is 27.7 Å². The molecular formula is C19H25BrN4O. The third-order valence-corrected chi connectivity index (χ3v) is 4.97. The van der Waals surface area contributed by atoms with Crippen LogP contribution >= 0.6 is 15.9 Å². The van der Waals surface area contributed by atoms with Crippen LogP contribution in [0.3, 0.4) is 0 Å². The highest BCUT2D eigenvalue weighted by Crippen LogP contribution is 2.40. The van der Waals surface area contributed by atoms with Gasteiger partial charge in [-0.1, -0.05) is 41.9 Å². The highest BCUT2D eigenvalue weighted by molar-refractivity contribution is 9.10. The maximum Gasteiger partial charge on any atom is 0.225 e. The summed E-state index contributed by atoms with van der Waals surface area (Å²) >= 11 is 3.45. The molecule has 1 aromatic heterocycles. The van der Waals surface area contributed by atoms with Gasteiger partial charge in [-0.15, -0.1) is 0 Å². The largest absolute Gasteiger partial charge is 0.394 e. The normalized spacial score (nSPS) is 15.2. The molecule has 1 fully saturated rings. The fraction of sp³-hybridized carbons (Fsp3) is 0.474. The predicted octanol–water partition coefficient (Wildman–Crippen LogP) is 4.16. The Morgan fingerprint density at radius 2 is 1.92 bits per heavy atom. The van der Waals surface area contributed by atoms with E-state index in [-0.39, 0.29) is 12.6 Å². The lowest BCUT2D eigenvalue weighted by atomic mass is 10.1. The van der Waals surface area contributed by atoms with Crippen molar-refractivity contribution in [3.05, 3.63) is 46.1 Å². The van der Waals surface area contributed by atoms with Crippen LogP contribution in [0.5, 0.6) is 0 Å². The molecule has 1 atom stereocenters. The van der Waals surface area contributed by atoms with Crippen molar-refractivity contribution in [2.45, 2.75) is 45.2 Å². The molecule has 6 heteroatoms. The van der Waals surface area contributed by atoms with Gasteiger partial charge in [0.1, 0.15) is 5.82 Å². The number of nitrogens with zero attached hydrogens (tertiary/aromatic N) is 2. The Labute approximate surface area is 157 Å². The Morgan fingerprint density at radius 1 is 1.20 bits per heavy atom. The second-order valence-corrected chi connectivity index (χ2v) is 7.85. The van der Waals surface area contributed by atoms with E-state index in [1.165, 1.54) is 18.4 Å². The van der Waals surface area contributed by atoms with Crippen molar-refractivity contribution in [2.75, 3.05) is 17.2 Å². The minimum atomic E-state index is -0.0474. The summed E-state index contributed by atoms with van der Waals surface area (Å²) in [6, 6.07) is 10.2. The number of benzene rings is 1. The van der Waals surface area contributed by atoms with E-state index in [1.807, 2.05) is 18.2 Å². The van der Waals surface area contributed by atoms with Crippen molar-refractivity contribution in [3.8, 4) is 0 Å². The Bertz CT molecular complexity index is 701. The first kappa shape index (κ1) is 18.1. The van der Waals surface area contributed by atoms with Crippen LogP contribution in [0.1, 0.15) is 43.9 Å². The number of nitrogens with one attached hydrogen (secondary N) is 2. The molecule has 25 heavy (non-hydrogen) atoms. The van der Waals surface area contributed by atoms with Crippen molar-refractivity contribution in [2.24, 2.45) is 5.92 Å². The van der Waals surface area contributed by atoms with E-state index >= 15 is 0 Å². The van der Waals surface area contributed by atoms with Crippen LogP contribution in [-0.2, 0) is 6.54 Å². The number of rotatable bonds is 8. The molecule has 0 amide bonds. The van der Waals surface area contributed by atoms with Gasteiger partial charge in [0.25, 0.3) is 0 Å². The second-order valence-electron chi connectivity index (χ2n) is 6.93. The van der Waals surface area contributed by atoms with Crippen LogP contribution in [0.4, 0.5) is 11.8 Å². The highest BCUT2D eigenvalue weighted by Gasteiger charge is 2.26. The molecule has 5 nitrogen and oxygen atoms in total. The van der Waals surface area contributed by atoms with Crippen LogP contribution in [0.25, 0.3) is 0 Å². The highest BCUT2D eigenvalue weighted by atomic mass is 79.9. The van der Waals surface area contributed by atoms with Gasteiger partial charge in [0.15, 0.2) is 0 Å². The summed E-state index contributed by atoms with van der Waals surface area (Å²) in [4.78, 5) is 9.25. The van der Waals surface area contributed by atoms with Gasteiger partial charge in [-0.25, -0.2) is 4.98 Å². The van der Waals surface area contributed by atoms with Crippen molar-refractivity contribution in [1.29, 1.82) is 0 Å². The fourth-order valence-corrected chi connectivity index (χ4v) is 2.86. The molecular weight excluding hydrogens is 380 g/mol. The number of hydrogen-bond donors (Lipinski definition) is 3. The molecule has 0 bridgehead atoms. The number of halogens is 1. The Kier molecular flexibility index (Phi) is 5.91. The van der Waals surface area contributed by atoms with Gasteiger partial charge in [0.05, 0.1) is 18.3 Å². The Hall–Kier alpha value is -1.66. The molecule has 134 valence electrons. The molecule has 1 aromatic carbocycles. The van der Waals surface area contributed by atoms with E-state index in [1.54, 1.807) is 0 Å². The van der Waals surface area contributed by atoms with E-state index < -0.39 is 0 Å². The van der Waals surface area contributed by atoms with Crippen LogP contribution in [0.2, 0.25) is 0 Å². The molecule has 0 unspecified atom stereocenters. The maximum atomic E-state index is 9.55. The molecule has 0 spiro atoms. The summed E-state index contributed by atoms with van der Waals surface area (Å²) in [5.74, 6) is 2.26. The number of aliphatic hydroxyl groups is 1. The quantitative estimate of drug-likeness (QED) is 0.616. The van der Waals surface area contributed by atoms with Gasteiger partial charge in [-0.2, -0.15) is 4.98 Å². The first-order valence-corrected chi connectivity index (χ1v) is 9.59. The molecule has 3 rings (SSSR count). The standard InChI is InChI=1S/C19H25BrN4O/c1-12(2)17(11-25)23-19-22-16(14-5-6-14)9-18(24-19)21-10-13-3-7-15(20)8-4-13/h3-4,7-9,12,14,17,25H,5-6,10-11H2,1-2H3,(H2,21,22,23,24)/t17-/m0/s1. The van der Waals surface area contributed by atoms with E-state index in [9.17, 15) is 5.11 Å². The SMILES string of the molecule is CC(C)[C@H](CO)Nc1nc(NCc2ccc(Br)cc2)cc(C2CC2)n1. The first-order valence-electron chi connectivity index (χ1n) is 8.80. The molecule has 0 radical (unpaired) electrons. The number of hydrogen-bond acceptors (Lipinski definition) is 5. The van der Waals surface area contributed by atoms with Crippen molar-refractivity contribution in [3.63, 3.8) is 0 Å². The molecule has 0 saturated heterocycles. The zero-order valence-corrected chi connectivity index (χ0v) is 16.3. The van der Waals surface area contributed by atoms with Crippen LogP contribution < -0.4 is 10.6 Å². The molecule has 1 saturated carbocycles. The van der Waals surface area contributed by atoms with E-state index in [4.69, 9.17) is 0 Å². The third-order valence-electron chi connectivity index (χ3n) is 4.44. The van der Waals surface area contributed by atoms with Gasteiger partial charge >= 0.3 is 0 Å². The minimum Gasteiger partial charge on any atom is -0.394 e. The smallest absolute Gasteiger partial charge is 0.225 e. The van der Waals surface area contributed by atoms with Gasteiger partial charge in [-0.3, -0.25) is 0 Å². The van der Waals surface area contributed by atoms with Crippen molar-refractivity contribution >= 4 is 27.7 Å². The van der Waals surface area contributed by atoms with Crippen molar-refractivity contribution < 1.29 is 5.11 Å². The molecule has 0 aliphatic heterocycles. The first-order chi connectivity index (χ1) is 12.0. The Morgan fingerprint density at radius 3 is 2.52 bits per heavy atom.